The van der Waals surface area contributed by atoms with Crippen molar-refractivity contribution in [1.29, 1.82) is 0 Å². The molecule has 2 saturated heterocycles. The SMILES string of the molecule is CON=C1CC2(CCN(C(=O)C3(F)CCN(Cc4sc(N)nc4C)CC3)CC2)Oc2ccc(F)cc21. The Morgan fingerprint density at radius 2 is 1.97 bits per heavy atom. The minimum Gasteiger partial charge on any atom is -0.486 e. The lowest BCUT2D eigenvalue weighted by molar-refractivity contribution is -0.151. The maximum atomic E-state index is 15.8. The first-order valence-corrected chi connectivity index (χ1v) is 13.0. The van der Waals surface area contributed by atoms with Crippen LogP contribution in [0.3, 0.4) is 0 Å². The molecule has 0 atom stereocenters. The molecule has 3 aliphatic heterocycles. The molecule has 2 fully saturated rings. The number of alkyl halides is 1. The number of aromatic nitrogens is 1. The number of hydrogen-bond acceptors (Lipinski definition) is 8. The average Bonchev–Trinajstić information content (AvgIpc) is 3.17. The van der Waals surface area contributed by atoms with Gasteiger partial charge in [-0.05, 0) is 25.1 Å². The summed E-state index contributed by atoms with van der Waals surface area (Å²) in [4.78, 5) is 27.4. The minimum atomic E-state index is -1.86. The summed E-state index contributed by atoms with van der Waals surface area (Å²) in [6.45, 7) is 4.39. The molecule has 5 rings (SSSR count). The van der Waals surface area contributed by atoms with Crippen LogP contribution in [0.15, 0.2) is 23.4 Å². The molecule has 0 bridgehead atoms. The number of carbonyl (C=O) groups excluding carboxylic acids is 1. The topological polar surface area (TPSA) is 93.3 Å². The molecule has 1 spiro atoms. The normalized spacial score (nSPS) is 22.3. The molecule has 1 aromatic carbocycles. The van der Waals surface area contributed by atoms with Gasteiger partial charge in [0.25, 0.3) is 5.91 Å². The Morgan fingerprint density at radius 1 is 1.25 bits per heavy atom. The number of piperidine rings is 2. The third kappa shape index (κ3) is 4.78. The average molecular weight is 520 g/mol. The molecule has 2 aromatic rings. The van der Waals surface area contributed by atoms with Crippen molar-refractivity contribution >= 4 is 28.1 Å². The van der Waals surface area contributed by atoms with Gasteiger partial charge in [0.05, 0.1) is 11.4 Å². The fourth-order valence-corrected chi connectivity index (χ4v) is 6.31. The number of nitrogens with zero attached hydrogens (tertiary/aromatic N) is 4. The van der Waals surface area contributed by atoms with Gasteiger partial charge in [-0.15, -0.1) is 11.3 Å². The number of benzene rings is 1. The molecule has 11 heteroatoms. The van der Waals surface area contributed by atoms with E-state index < -0.39 is 17.2 Å². The maximum Gasteiger partial charge on any atom is 0.260 e. The van der Waals surface area contributed by atoms with Gasteiger partial charge in [-0.25, -0.2) is 13.8 Å². The van der Waals surface area contributed by atoms with Crippen LogP contribution in [-0.2, 0) is 16.2 Å². The van der Waals surface area contributed by atoms with Gasteiger partial charge in [-0.3, -0.25) is 9.69 Å². The summed E-state index contributed by atoms with van der Waals surface area (Å²) >= 11 is 1.46. The Kier molecular flexibility index (Phi) is 6.63. The van der Waals surface area contributed by atoms with E-state index in [9.17, 15) is 9.18 Å². The molecule has 4 heterocycles. The lowest BCUT2D eigenvalue weighted by Crippen LogP contribution is -2.57. The third-order valence-corrected chi connectivity index (χ3v) is 8.51. The number of anilines is 1. The van der Waals surface area contributed by atoms with Crippen LogP contribution in [-0.4, -0.2) is 71.0 Å². The first-order valence-electron chi connectivity index (χ1n) is 12.2. The van der Waals surface area contributed by atoms with Crippen molar-refractivity contribution in [2.45, 2.75) is 56.8 Å². The van der Waals surface area contributed by atoms with Gasteiger partial charge < -0.3 is 20.2 Å². The second-order valence-corrected chi connectivity index (χ2v) is 11.0. The molecule has 0 saturated carbocycles. The van der Waals surface area contributed by atoms with E-state index in [2.05, 4.69) is 15.0 Å². The van der Waals surface area contributed by atoms with Gasteiger partial charge in [0.15, 0.2) is 10.8 Å². The molecule has 194 valence electrons. The number of nitrogens with two attached hydrogens (primary N) is 1. The standard InChI is InChI=1S/C25H31F2N5O3S/c1-16-21(36-23(28)29-16)15-31-9-7-25(27,8-10-31)22(33)32-11-5-24(6-12-32)14-19(30-34-2)18-13-17(26)3-4-20(18)35-24/h3-4,13H,5-12,14-15H2,1-2H3,(H2,28,29). The Balaban J connectivity index is 1.20. The summed E-state index contributed by atoms with van der Waals surface area (Å²) < 4.78 is 36.0. The zero-order chi connectivity index (χ0) is 25.5. The lowest BCUT2D eigenvalue weighted by atomic mass is 9.81. The number of thiazole rings is 1. The molecule has 36 heavy (non-hydrogen) atoms. The van der Waals surface area contributed by atoms with Gasteiger partial charge in [0.2, 0.25) is 0 Å². The molecule has 1 amide bonds. The molecular formula is C25H31F2N5O3S. The number of halogens is 2. The predicted molar refractivity (Wildman–Crippen MR) is 133 cm³/mol. The number of hydrogen-bond donors (Lipinski definition) is 1. The molecule has 0 aliphatic carbocycles. The van der Waals surface area contributed by atoms with E-state index in [4.69, 9.17) is 15.3 Å². The molecule has 1 aromatic heterocycles. The van der Waals surface area contributed by atoms with Crippen LogP contribution >= 0.6 is 11.3 Å². The van der Waals surface area contributed by atoms with Crippen LogP contribution in [0, 0.1) is 12.7 Å². The monoisotopic (exact) mass is 519 g/mol. The Labute approximate surface area is 213 Å². The zero-order valence-electron chi connectivity index (χ0n) is 20.6. The number of fused-ring (bicyclic) bond motifs is 1. The number of oxime groups is 1. The number of aryl methyl sites for hydroxylation is 1. The number of carbonyl (C=O) groups is 1. The lowest BCUT2D eigenvalue weighted by Gasteiger charge is -2.46. The van der Waals surface area contributed by atoms with Gasteiger partial charge in [0.1, 0.15) is 24.3 Å². The largest absolute Gasteiger partial charge is 0.486 e. The highest BCUT2D eigenvalue weighted by Gasteiger charge is 2.48. The van der Waals surface area contributed by atoms with Gasteiger partial charge in [0, 0.05) is 75.3 Å². The highest BCUT2D eigenvalue weighted by molar-refractivity contribution is 7.15. The Bertz CT molecular complexity index is 1170. The predicted octanol–water partition coefficient (Wildman–Crippen LogP) is 3.67. The number of ether oxygens (including phenoxy) is 1. The first kappa shape index (κ1) is 24.9. The molecule has 8 nitrogen and oxygen atoms in total. The van der Waals surface area contributed by atoms with Crippen LogP contribution < -0.4 is 10.5 Å². The van der Waals surface area contributed by atoms with E-state index in [-0.39, 0.29) is 18.7 Å². The van der Waals surface area contributed by atoms with Crippen molar-refractivity contribution in [2.24, 2.45) is 5.16 Å². The smallest absolute Gasteiger partial charge is 0.260 e. The zero-order valence-corrected chi connectivity index (χ0v) is 21.4. The number of rotatable bonds is 4. The molecule has 2 N–H and O–H groups in total. The van der Waals surface area contributed by atoms with Crippen LogP contribution in [0.1, 0.15) is 48.2 Å². The van der Waals surface area contributed by atoms with Crippen molar-refractivity contribution in [3.05, 3.63) is 40.2 Å². The van der Waals surface area contributed by atoms with Crippen LogP contribution in [0.25, 0.3) is 0 Å². The number of nitrogen functional groups attached to an aromatic ring is 1. The number of amides is 1. The van der Waals surface area contributed by atoms with Gasteiger partial charge >= 0.3 is 0 Å². The second kappa shape index (κ2) is 9.59. The fraction of sp³-hybridized carbons (Fsp3) is 0.560. The summed E-state index contributed by atoms with van der Waals surface area (Å²) in [7, 11) is 1.45. The summed E-state index contributed by atoms with van der Waals surface area (Å²) in [5, 5.41) is 4.65. The van der Waals surface area contributed by atoms with Crippen molar-refractivity contribution < 1.29 is 23.1 Å². The van der Waals surface area contributed by atoms with Crippen LogP contribution in [0.5, 0.6) is 5.75 Å². The van der Waals surface area contributed by atoms with Gasteiger partial charge in [-0.2, -0.15) is 0 Å². The summed E-state index contributed by atoms with van der Waals surface area (Å²) in [5.74, 6) is -0.257. The van der Waals surface area contributed by atoms with E-state index >= 15 is 4.39 Å². The van der Waals surface area contributed by atoms with Crippen molar-refractivity contribution in [1.82, 2.24) is 14.8 Å². The van der Waals surface area contributed by atoms with E-state index in [1.807, 2.05) is 6.92 Å². The van der Waals surface area contributed by atoms with Gasteiger partial charge in [-0.1, -0.05) is 5.16 Å². The molecule has 3 aliphatic rings. The summed E-state index contributed by atoms with van der Waals surface area (Å²) in [6, 6.07) is 4.34. The van der Waals surface area contributed by atoms with E-state index in [1.165, 1.54) is 30.6 Å². The summed E-state index contributed by atoms with van der Waals surface area (Å²) in [6.07, 6.45) is 1.84. The maximum absolute atomic E-state index is 15.8. The van der Waals surface area contributed by atoms with Crippen molar-refractivity contribution in [2.75, 3.05) is 39.0 Å². The van der Waals surface area contributed by atoms with E-state index in [0.717, 1.165) is 10.6 Å². The molecule has 0 unspecified atom stereocenters. The third-order valence-electron chi connectivity index (χ3n) is 7.54. The first-order chi connectivity index (χ1) is 17.2. The fourth-order valence-electron chi connectivity index (χ4n) is 5.44. The van der Waals surface area contributed by atoms with Crippen molar-refractivity contribution in [3.63, 3.8) is 0 Å². The Morgan fingerprint density at radius 3 is 2.61 bits per heavy atom. The highest BCUT2D eigenvalue weighted by atomic mass is 32.1. The highest BCUT2D eigenvalue weighted by Crippen LogP contribution is 2.41. The van der Waals surface area contributed by atoms with Crippen molar-refractivity contribution in [3.8, 4) is 5.75 Å². The van der Waals surface area contributed by atoms with Crippen LogP contribution in [0.4, 0.5) is 13.9 Å². The number of likely N-dealkylation sites (tertiary alicyclic amines) is 2. The quantitative estimate of drug-likeness (QED) is 0.620. The summed E-state index contributed by atoms with van der Waals surface area (Å²) in [5.41, 5.74) is 5.45. The Hall–Kier alpha value is -2.79. The van der Waals surface area contributed by atoms with Crippen LogP contribution in [0.2, 0.25) is 0 Å². The molecule has 0 radical (unpaired) electrons. The minimum absolute atomic E-state index is 0.168. The van der Waals surface area contributed by atoms with E-state index in [0.29, 0.717) is 74.1 Å². The molecular weight excluding hydrogens is 488 g/mol. The van der Waals surface area contributed by atoms with E-state index in [1.54, 1.807) is 11.0 Å². The second-order valence-electron chi connectivity index (χ2n) is 9.92.